The van der Waals surface area contributed by atoms with Gasteiger partial charge in [0, 0.05) is 30.8 Å². The van der Waals surface area contributed by atoms with E-state index in [1.807, 2.05) is 0 Å². The molecule has 1 fully saturated rings. The highest BCUT2D eigenvalue weighted by Crippen LogP contribution is 2.32. The van der Waals surface area contributed by atoms with Gasteiger partial charge in [0.2, 0.25) is 5.91 Å². The molecule has 0 aliphatic carbocycles. The van der Waals surface area contributed by atoms with Crippen molar-refractivity contribution in [2.75, 3.05) is 24.7 Å². The minimum atomic E-state index is -0.447. The van der Waals surface area contributed by atoms with Gasteiger partial charge < -0.3 is 14.4 Å². The molecule has 0 bridgehead atoms. The topological polar surface area (TPSA) is 81.9 Å². The third-order valence-corrected chi connectivity index (χ3v) is 3.69. The summed E-state index contributed by atoms with van der Waals surface area (Å²) in [5.74, 6) is -0.0405. The number of amides is 1. The molecule has 7 heteroatoms. The Kier molecular flexibility index (Phi) is 3.85. The van der Waals surface area contributed by atoms with Crippen LogP contribution in [0.4, 0.5) is 11.4 Å². The van der Waals surface area contributed by atoms with Crippen molar-refractivity contribution in [2.24, 2.45) is 0 Å². The number of carbonyl (C=O) groups is 1. The van der Waals surface area contributed by atoms with Crippen LogP contribution >= 0.6 is 0 Å². The van der Waals surface area contributed by atoms with E-state index >= 15 is 0 Å². The molecule has 1 amide bonds. The molecule has 3 rings (SSSR count). The van der Waals surface area contributed by atoms with Crippen molar-refractivity contribution in [1.29, 1.82) is 0 Å². The number of rotatable bonds is 4. The zero-order valence-electron chi connectivity index (χ0n) is 11.5. The lowest BCUT2D eigenvalue weighted by molar-refractivity contribution is -0.384. The fourth-order valence-corrected chi connectivity index (χ4v) is 2.67. The lowest BCUT2D eigenvalue weighted by Gasteiger charge is -2.25. The molecule has 0 saturated carbocycles. The minimum absolute atomic E-state index is 0.0161. The number of carbonyl (C=O) groups excluding carboxylic acids is 1. The van der Waals surface area contributed by atoms with Crippen molar-refractivity contribution in [2.45, 2.75) is 25.6 Å². The molecular weight excluding hydrogens is 276 g/mol. The molecule has 1 saturated heterocycles. The van der Waals surface area contributed by atoms with E-state index in [2.05, 4.69) is 0 Å². The average Bonchev–Trinajstić information content (AvgIpc) is 2.80. The fraction of sp³-hybridized carbons (Fsp3) is 0.500. The van der Waals surface area contributed by atoms with Gasteiger partial charge in [0.1, 0.15) is 0 Å². The van der Waals surface area contributed by atoms with Gasteiger partial charge in [-0.3, -0.25) is 14.9 Å². The monoisotopic (exact) mass is 292 g/mol. The Hall–Kier alpha value is -1.99. The first kappa shape index (κ1) is 14.0. The first-order valence-electron chi connectivity index (χ1n) is 6.96. The molecule has 2 aliphatic heterocycles. The predicted molar refractivity (Wildman–Crippen MR) is 74.1 cm³/mol. The molecule has 2 heterocycles. The zero-order chi connectivity index (χ0) is 14.8. The Bertz CT molecular complexity index is 568. The number of hydrogen-bond acceptors (Lipinski definition) is 5. The van der Waals surface area contributed by atoms with Gasteiger partial charge >= 0.3 is 0 Å². The molecule has 1 aromatic carbocycles. The van der Waals surface area contributed by atoms with Crippen molar-refractivity contribution >= 4 is 17.3 Å². The van der Waals surface area contributed by atoms with Crippen LogP contribution in [-0.4, -0.2) is 36.9 Å². The van der Waals surface area contributed by atoms with Crippen molar-refractivity contribution in [3.8, 4) is 0 Å². The second kappa shape index (κ2) is 5.79. The van der Waals surface area contributed by atoms with Crippen molar-refractivity contribution < 1.29 is 19.2 Å². The normalized spacial score (nSPS) is 18.9. The molecule has 0 atom stereocenters. The Balaban J connectivity index is 1.70. The summed E-state index contributed by atoms with van der Waals surface area (Å²) in [4.78, 5) is 24.0. The summed E-state index contributed by atoms with van der Waals surface area (Å²) in [5.41, 5.74) is 1.48. The average molecular weight is 292 g/mol. The van der Waals surface area contributed by atoms with Gasteiger partial charge in [0.05, 0.1) is 24.6 Å². The molecule has 0 spiro atoms. The first-order valence-corrected chi connectivity index (χ1v) is 6.96. The molecule has 0 N–H and O–H groups in total. The summed E-state index contributed by atoms with van der Waals surface area (Å²) < 4.78 is 10.9. The number of ether oxygens (including phenoxy) is 2. The van der Waals surface area contributed by atoms with Crippen molar-refractivity contribution in [1.82, 2.24) is 0 Å². The third-order valence-electron chi connectivity index (χ3n) is 3.69. The van der Waals surface area contributed by atoms with Crippen LogP contribution in [0.25, 0.3) is 0 Å². The quantitative estimate of drug-likeness (QED) is 0.622. The van der Waals surface area contributed by atoms with Crippen LogP contribution in [0.5, 0.6) is 0 Å². The summed E-state index contributed by atoms with van der Waals surface area (Å²) in [7, 11) is 0. The lowest BCUT2D eigenvalue weighted by atomic mass is 10.1. The largest absolute Gasteiger partial charge is 0.353 e. The van der Waals surface area contributed by atoms with Gasteiger partial charge in [0.15, 0.2) is 6.29 Å². The second-order valence-corrected chi connectivity index (χ2v) is 5.11. The van der Waals surface area contributed by atoms with E-state index in [1.54, 1.807) is 11.0 Å². The number of fused-ring (bicyclic) bond motifs is 1. The van der Waals surface area contributed by atoms with Crippen LogP contribution in [-0.2, 0) is 20.7 Å². The molecule has 1 aromatic rings. The highest BCUT2D eigenvalue weighted by atomic mass is 16.7. The van der Waals surface area contributed by atoms with E-state index < -0.39 is 4.92 Å². The Labute approximate surface area is 121 Å². The van der Waals surface area contributed by atoms with Crippen LogP contribution in [0.2, 0.25) is 0 Å². The van der Waals surface area contributed by atoms with Crippen LogP contribution in [0.15, 0.2) is 18.2 Å². The van der Waals surface area contributed by atoms with Crippen LogP contribution in [0, 0.1) is 10.1 Å². The molecule has 0 unspecified atom stereocenters. The highest BCUT2D eigenvalue weighted by molar-refractivity contribution is 6.01. The van der Waals surface area contributed by atoms with Crippen molar-refractivity contribution in [3.63, 3.8) is 0 Å². The SMILES string of the molecule is O=C1Cc2cc([N+](=O)[O-])ccc2N1CCC1OCCCO1. The number of benzene rings is 1. The summed E-state index contributed by atoms with van der Waals surface area (Å²) in [6.45, 7) is 1.86. The highest BCUT2D eigenvalue weighted by Gasteiger charge is 2.29. The van der Waals surface area contributed by atoms with Crippen LogP contribution in [0.3, 0.4) is 0 Å². The number of anilines is 1. The van der Waals surface area contributed by atoms with E-state index in [0.29, 0.717) is 31.7 Å². The molecule has 21 heavy (non-hydrogen) atoms. The third kappa shape index (κ3) is 2.88. The van der Waals surface area contributed by atoms with E-state index in [4.69, 9.17) is 9.47 Å². The van der Waals surface area contributed by atoms with Gasteiger partial charge in [-0.1, -0.05) is 0 Å². The van der Waals surface area contributed by atoms with Crippen LogP contribution in [0.1, 0.15) is 18.4 Å². The van der Waals surface area contributed by atoms with Gasteiger partial charge in [-0.25, -0.2) is 0 Å². The van der Waals surface area contributed by atoms with Gasteiger partial charge in [0.25, 0.3) is 5.69 Å². The van der Waals surface area contributed by atoms with Gasteiger partial charge in [-0.05, 0) is 18.1 Å². The number of nitrogens with zero attached hydrogens (tertiary/aromatic N) is 2. The Morgan fingerprint density at radius 2 is 2.10 bits per heavy atom. The molecule has 7 nitrogen and oxygen atoms in total. The van der Waals surface area contributed by atoms with Crippen LogP contribution < -0.4 is 4.90 Å². The molecular formula is C14H16N2O5. The molecule has 0 aromatic heterocycles. The fourth-order valence-electron chi connectivity index (χ4n) is 2.67. The molecule has 112 valence electrons. The van der Waals surface area contributed by atoms with Gasteiger partial charge in [-0.2, -0.15) is 0 Å². The van der Waals surface area contributed by atoms with E-state index in [1.165, 1.54) is 12.1 Å². The molecule has 2 aliphatic rings. The first-order chi connectivity index (χ1) is 10.1. The zero-order valence-corrected chi connectivity index (χ0v) is 11.5. The van der Waals surface area contributed by atoms with E-state index in [9.17, 15) is 14.9 Å². The van der Waals surface area contributed by atoms with Crippen molar-refractivity contribution in [3.05, 3.63) is 33.9 Å². The Morgan fingerprint density at radius 1 is 1.33 bits per heavy atom. The smallest absolute Gasteiger partial charge is 0.269 e. The number of nitro groups is 1. The minimum Gasteiger partial charge on any atom is -0.353 e. The summed E-state index contributed by atoms with van der Waals surface area (Å²) in [6, 6.07) is 4.54. The summed E-state index contributed by atoms with van der Waals surface area (Å²) in [6.07, 6.45) is 1.44. The maximum Gasteiger partial charge on any atom is 0.269 e. The molecule has 0 radical (unpaired) electrons. The predicted octanol–water partition coefficient (Wildman–Crippen LogP) is 1.64. The number of non-ortho nitro benzene ring substituents is 1. The number of nitro benzene ring substituents is 1. The van der Waals surface area contributed by atoms with E-state index in [-0.39, 0.29) is 24.3 Å². The standard InChI is InChI=1S/C14H16N2O5/c17-13-9-10-8-11(16(18)19)2-3-12(10)15(13)5-4-14-20-6-1-7-21-14/h2-3,8,14H,1,4-7,9H2. The Morgan fingerprint density at radius 3 is 2.81 bits per heavy atom. The number of hydrogen-bond donors (Lipinski definition) is 0. The summed E-state index contributed by atoms with van der Waals surface area (Å²) in [5, 5.41) is 10.8. The maximum absolute atomic E-state index is 12.1. The van der Waals surface area contributed by atoms with E-state index in [0.717, 1.165) is 12.1 Å². The maximum atomic E-state index is 12.1. The second-order valence-electron chi connectivity index (χ2n) is 5.11. The van der Waals surface area contributed by atoms with Gasteiger partial charge in [-0.15, -0.1) is 0 Å². The summed E-state index contributed by atoms with van der Waals surface area (Å²) >= 11 is 0. The lowest BCUT2D eigenvalue weighted by Crippen LogP contribution is -2.33.